The number of ether oxygens (including phenoxy) is 3. The first kappa shape index (κ1) is 33.7. The lowest BCUT2D eigenvalue weighted by molar-refractivity contribution is -0.164. The molecule has 4 aliphatic carbocycles. The first-order valence-electron chi connectivity index (χ1n) is 18.5. The Morgan fingerprint density at radius 1 is 0.796 bits per heavy atom. The Balaban J connectivity index is 1.08. The van der Waals surface area contributed by atoms with Crippen molar-refractivity contribution < 1.29 is 23.4 Å². The third-order valence-electron chi connectivity index (χ3n) is 13.5. The highest BCUT2D eigenvalue weighted by molar-refractivity contribution is 5.72. The van der Waals surface area contributed by atoms with Crippen LogP contribution >= 0.6 is 0 Å². The van der Waals surface area contributed by atoms with Gasteiger partial charge in [-0.1, -0.05) is 32.9 Å². The van der Waals surface area contributed by atoms with Crippen LogP contribution in [0.3, 0.4) is 0 Å². The molecule has 4 saturated carbocycles. The molecule has 7 heteroatoms. The zero-order valence-corrected chi connectivity index (χ0v) is 29.3. The molecule has 0 bridgehead atoms. The third-order valence-corrected chi connectivity index (χ3v) is 13.5. The highest BCUT2D eigenvalue weighted by Crippen LogP contribution is 2.68. The van der Waals surface area contributed by atoms with Crippen LogP contribution in [0.4, 0.5) is 15.8 Å². The van der Waals surface area contributed by atoms with Gasteiger partial charge in [-0.05, 0) is 147 Å². The second kappa shape index (κ2) is 13.5. The van der Waals surface area contributed by atoms with E-state index in [0.29, 0.717) is 47.7 Å². The Hall–Kier alpha value is -3.74. The molecule has 3 aromatic rings. The average molecular weight is 669 g/mol. The normalized spacial score (nSPS) is 34.2. The van der Waals surface area contributed by atoms with Crippen LogP contribution in [0.5, 0.6) is 17.2 Å². The molecule has 0 saturated heterocycles. The predicted octanol–water partition coefficient (Wildman–Crippen LogP) is 9.48. The summed E-state index contributed by atoms with van der Waals surface area (Å²) in [5, 5.41) is 0. The number of rotatable bonds is 9. The molecular weight excluding hydrogens is 615 g/mol. The Bertz CT molecular complexity index is 1630. The van der Waals surface area contributed by atoms with E-state index >= 15 is 0 Å². The second-order valence-electron chi connectivity index (χ2n) is 16.2. The fourth-order valence-electron chi connectivity index (χ4n) is 11.2. The molecule has 4 fully saturated rings. The smallest absolute Gasteiger partial charge is 0.311 e. The highest BCUT2D eigenvalue weighted by Gasteiger charge is 2.63. The number of carbonyl (C=O) groups is 1. The molecule has 4 aliphatic rings. The van der Waals surface area contributed by atoms with Crippen molar-refractivity contribution in [1.82, 2.24) is 0 Å². The molecule has 49 heavy (non-hydrogen) atoms. The summed E-state index contributed by atoms with van der Waals surface area (Å²) in [5.74, 6) is 4.76. The van der Waals surface area contributed by atoms with Crippen molar-refractivity contribution in [2.75, 3.05) is 11.5 Å². The third kappa shape index (κ3) is 6.74. The lowest BCUT2D eigenvalue weighted by Gasteiger charge is -2.63. The average Bonchev–Trinajstić information content (AvgIpc) is 3.43. The van der Waals surface area contributed by atoms with Crippen LogP contribution in [-0.4, -0.2) is 18.2 Å². The summed E-state index contributed by atoms with van der Waals surface area (Å²) in [6.45, 7) is 7.45. The van der Waals surface area contributed by atoms with E-state index in [1.54, 1.807) is 0 Å². The Morgan fingerprint density at radius 2 is 1.45 bits per heavy atom. The van der Waals surface area contributed by atoms with Crippen molar-refractivity contribution in [1.29, 1.82) is 0 Å². The van der Waals surface area contributed by atoms with Gasteiger partial charge in [-0.25, -0.2) is 4.39 Å². The molecule has 3 unspecified atom stereocenters. The number of nitrogens with two attached hydrogens (primary N) is 2. The number of nitrogen functional groups attached to an aromatic ring is 2. The number of benzene rings is 3. The monoisotopic (exact) mass is 668 g/mol. The minimum Gasteiger partial charge on any atom is -0.490 e. The summed E-state index contributed by atoms with van der Waals surface area (Å²) >= 11 is 0. The maximum atomic E-state index is 13.3. The number of esters is 1. The van der Waals surface area contributed by atoms with Crippen molar-refractivity contribution in [3.63, 3.8) is 0 Å². The van der Waals surface area contributed by atoms with Crippen LogP contribution in [-0.2, 0) is 4.79 Å². The summed E-state index contributed by atoms with van der Waals surface area (Å²) in [6, 6.07) is 21.4. The first-order valence-corrected chi connectivity index (χ1v) is 18.5. The van der Waals surface area contributed by atoms with E-state index in [2.05, 4.69) is 20.8 Å². The molecule has 0 spiro atoms. The molecule has 0 radical (unpaired) electrons. The molecule has 0 aliphatic heterocycles. The minimum absolute atomic E-state index is 0.0837. The van der Waals surface area contributed by atoms with E-state index in [4.69, 9.17) is 25.7 Å². The van der Waals surface area contributed by atoms with Gasteiger partial charge >= 0.3 is 5.97 Å². The number of carbonyl (C=O) groups excluding carboxylic acids is 1. The molecule has 4 N–H and O–H groups in total. The summed E-state index contributed by atoms with van der Waals surface area (Å²) in [4.78, 5) is 12.7. The van der Waals surface area contributed by atoms with Gasteiger partial charge in [0, 0.05) is 35.8 Å². The Morgan fingerprint density at radius 3 is 2.14 bits per heavy atom. The largest absolute Gasteiger partial charge is 0.490 e. The topological polar surface area (TPSA) is 96.8 Å². The van der Waals surface area contributed by atoms with Crippen LogP contribution in [0.25, 0.3) is 0 Å². The maximum Gasteiger partial charge on any atom is 0.311 e. The van der Waals surface area contributed by atoms with Gasteiger partial charge in [0.2, 0.25) is 0 Å². The number of hydrogen-bond acceptors (Lipinski definition) is 6. The molecular formula is C42H53FN2O4. The van der Waals surface area contributed by atoms with E-state index in [0.717, 1.165) is 55.0 Å². The zero-order chi connectivity index (χ0) is 34.3. The van der Waals surface area contributed by atoms with Crippen molar-refractivity contribution in [2.45, 2.75) is 97.2 Å². The van der Waals surface area contributed by atoms with Crippen LogP contribution in [0.2, 0.25) is 0 Å². The maximum absolute atomic E-state index is 13.3. The summed E-state index contributed by atoms with van der Waals surface area (Å²) in [5.41, 5.74) is 14.1. The van der Waals surface area contributed by atoms with Gasteiger partial charge in [0.05, 0.1) is 6.10 Å². The number of hydrogen-bond donors (Lipinski definition) is 2. The summed E-state index contributed by atoms with van der Waals surface area (Å²) in [7, 11) is 0. The van der Waals surface area contributed by atoms with Crippen LogP contribution in [0.15, 0.2) is 72.8 Å². The van der Waals surface area contributed by atoms with E-state index in [-0.39, 0.29) is 34.8 Å². The molecule has 262 valence electrons. The fraction of sp³-hybridized carbons (Fsp3) is 0.548. The van der Waals surface area contributed by atoms with Gasteiger partial charge in [-0.2, -0.15) is 0 Å². The van der Waals surface area contributed by atoms with Crippen LogP contribution in [0.1, 0.15) is 85.0 Å². The highest BCUT2D eigenvalue weighted by atomic mass is 19.1. The standard InChI is InChI=1S/C42H53FN2O4/c1-26(10-17-40(46)49-30-13-11-27(43)12-14-30)35-15-16-36-34-25-39(48-32-9-5-7-29(45)23-32)38-24-33(47-31-8-4-6-28(44)22-31)18-20-42(38,3)37(34)19-21-41(35,36)2/h4-9,11-14,22-23,26,33-39H,10,15-21,24-25,44-45H2,1-3H3/t26-,33?,34+,35-,36+,37+,38?,39?,41-,42-/m1/s1. The minimum atomic E-state index is -0.340. The van der Waals surface area contributed by atoms with Crippen molar-refractivity contribution >= 4 is 17.3 Å². The lowest BCUT2D eigenvalue weighted by Crippen LogP contribution is -2.59. The second-order valence-corrected chi connectivity index (χ2v) is 16.2. The van der Waals surface area contributed by atoms with Gasteiger partial charge in [-0.15, -0.1) is 0 Å². The fourth-order valence-corrected chi connectivity index (χ4v) is 11.2. The predicted molar refractivity (Wildman–Crippen MR) is 192 cm³/mol. The van der Waals surface area contributed by atoms with Gasteiger partial charge in [0.15, 0.2) is 0 Å². The van der Waals surface area contributed by atoms with Crippen LogP contribution in [0, 0.1) is 52.2 Å². The van der Waals surface area contributed by atoms with E-state index in [9.17, 15) is 9.18 Å². The Labute approximate surface area is 291 Å². The van der Waals surface area contributed by atoms with Crippen molar-refractivity contribution in [2.24, 2.45) is 46.3 Å². The molecule has 0 amide bonds. The van der Waals surface area contributed by atoms with E-state index in [1.165, 1.54) is 49.9 Å². The van der Waals surface area contributed by atoms with Gasteiger partial charge in [0.25, 0.3) is 0 Å². The van der Waals surface area contributed by atoms with Crippen molar-refractivity contribution in [3.8, 4) is 17.2 Å². The Kier molecular flexibility index (Phi) is 9.31. The van der Waals surface area contributed by atoms with Gasteiger partial charge in [-0.3, -0.25) is 4.79 Å². The van der Waals surface area contributed by atoms with E-state index in [1.807, 2.05) is 48.5 Å². The molecule has 6 nitrogen and oxygen atoms in total. The van der Waals surface area contributed by atoms with Gasteiger partial charge < -0.3 is 25.7 Å². The number of anilines is 2. The van der Waals surface area contributed by atoms with Gasteiger partial charge in [0.1, 0.15) is 29.2 Å². The summed E-state index contributed by atoms with van der Waals surface area (Å²) < 4.78 is 32.4. The first-order chi connectivity index (χ1) is 23.5. The van der Waals surface area contributed by atoms with Crippen LogP contribution < -0.4 is 25.7 Å². The van der Waals surface area contributed by atoms with E-state index < -0.39 is 0 Å². The van der Waals surface area contributed by atoms with Crippen molar-refractivity contribution in [3.05, 3.63) is 78.6 Å². The molecule has 0 aromatic heterocycles. The molecule has 0 heterocycles. The zero-order valence-electron chi connectivity index (χ0n) is 29.3. The quantitative estimate of drug-likeness (QED) is 0.134. The SMILES string of the molecule is C[C@H](CCC(=O)Oc1ccc(F)cc1)[C@H]1CC[C@H]2[C@@H]3CC(Oc4cccc(N)c4)C4CC(Oc5cccc(N)c5)CC[C@]4(C)[C@H]3CC[C@]12C. The summed E-state index contributed by atoms with van der Waals surface area (Å²) in [6.07, 6.45) is 10.5. The molecule has 3 aromatic carbocycles. The molecule has 10 atom stereocenters. The number of fused-ring (bicyclic) bond motifs is 5. The number of halogens is 1. The molecule has 7 rings (SSSR count). The lowest BCUT2D eigenvalue weighted by atomic mass is 9.43.